The van der Waals surface area contributed by atoms with E-state index in [1.54, 1.807) is 18.3 Å². The number of carbonyl (C=O) groups excluding carboxylic acids is 1. The highest BCUT2D eigenvalue weighted by Gasteiger charge is 2.13. The number of ether oxygens (including phenoxy) is 1. The first-order valence-corrected chi connectivity index (χ1v) is 8.16. The fourth-order valence-electron chi connectivity index (χ4n) is 2.38. The van der Waals surface area contributed by atoms with E-state index in [0.29, 0.717) is 24.5 Å². The summed E-state index contributed by atoms with van der Waals surface area (Å²) in [6.07, 6.45) is 2.51. The van der Waals surface area contributed by atoms with Gasteiger partial charge in [-0.3, -0.25) is 4.79 Å². The van der Waals surface area contributed by atoms with Gasteiger partial charge in [-0.2, -0.15) is 0 Å². The molecule has 0 unspecified atom stereocenters. The van der Waals surface area contributed by atoms with Crippen molar-refractivity contribution in [2.45, 2.75) is 19.4 Å². The van der Waals surface area contributed by atoms with Crippen molar-refractivity contribution in [2.24, 2.45) is 0 Å². The van der Waals surface area contributed by atoms with Gasteiger partial charge >= 0.3 is 0 Å². The van der Waals surface area contributed by atoms with Crippen molar-refractivity contribution in [3.8, 4) is 0 Å². The molecule has 2 rings (SSSR count). The summed E-state index contributed by atoms with van der Waals surface area (Å²) in [6, 6.07) is 13.7. The zero-order chi connectivity index (χ0) is 17.4. The molecule has 0 saturated heterocycles. The summed E-state index contributed by atoms with van der Waals surface area (Å²) in [6.45, 7) is 3.21. The van der Waals surface area contributed by atoms with Crippen LogP contribution in [0.15, 0.2) is 48.7 Å². The zero-order valence-electron chi connectivity index (χ0n) is 14.5. The van der Waals surface area contributed by atoms with Crippen LogP contribution in [0.5, 0.6) is 0 Å². The average molecular weight is 327 g/mol. The van der Waals surface area contributed by atoms with E-state index in [2.05, 4.69) is 22.4 Å². The molecule has 24 heavy (non-hydrogen) atoms. The van der Waals surface area contributed by atoms with E-state index in [1.165, 1.54) is 0 Å². The summed E-state index contributed by atoms with van der Waals surface area (Å²) in [5, 5.41) is 2.92. The van der Waals surface area contributed by atoms with Gasteiger partial charge in [0.2, 0.25) is 0 Å². The summed E-state index contributed by atoms with van der Waals surface area (Å²) < 4.78 is 5.81. The van der Waals surface area contributed by atoms with Gasteiger partial charge in [0, 0.05) is 33.4 Å². The molecule has 2 aromatic rings. The van der Waals surface area contributed by atoms with Gasteiger partial charge in [-0.25, -0.2) is 4.98 Å². The fourth-order valence-corrected chi connectivity index (χ4v) is 2.38. The molecule has 0 saturated carbocycles. The number of amides is 1. The Labute approximate surface area is 143 Å². The Bertz CT molecular complexity index is 644. The summed E-state index contributed by atoms with van der Waals surface area (Å²) in [5.74, 6) is 0.562. The van der Waals surface area contributed by atoms with E-state index < -0.39 is 0 Å². The topological polar surface area (TPSA) is 54.5 Å². The number of anilines is 1. The minimum Gasteiger partial charge on any atom is -0.374 e. The second kappa shape index (κ2) is 9.03. The number of pyridine rings is 1. The predicted molar refractivity (Wildman–Crippen MR) is 96.3 cm³/mol. The Morgan fingerprint density at radius 3 is 2.67 bits per heavy atom. The van der Waals surface area contributed by atoms with Crippen LogP contribution in [0.1, 0.15) is 35.4 Å². The number of carbonyl (C=O) groups is 1. The van der Waals surface area contributed by atoms with E-state index in [1.807, 2.05) is 44.1 Å². The lowest BCUT2D eigenvalue weighted by Crippen LogP contribution is -2.27. The van der Waals surface area contributed by atoms with Gasteiger partial charge in [0.25, 0.3) is 5.91 Å². The van der Waals surface area contributed by atoms with E-state index in [-0.39, 0.29) is 12.0 Å². The minimum absolute atomic E-state index is 0.0561. The summed E-state index contributed by atoms with van der Waals surface area (Å²) in [5.41, 5.74) is 1.74. The molecular formula is C19H25N3O2. The highest BCUT2D eigenvalue weighted by molar-refractivity contribution is 5.98. The molecule has 1 amide bonds. The minimum atomic E-state index is -0.108. The third-order valence-electron chi connectivity index (χ3n) is 3.70. The number of nitrogens with zero attached hydrogens (tertiary/aromatic N) is 2. The van der Waals surface area contributed by atoms with Gasteiger partial charge < -0.3 is 15.0 Å². The summed E-state index contributed by atoms with van der Waals surface area (Å²) in [4.78, 5) is 18.3. The van der Waals surface area contributed by atoms with Crippen LogP contribution in [-0.4, -0.2) is 38.1 Å². The lowest BCUT2D eigenvalue weighted by molar-refractivity contribution is 0.0635. The molecule has 0 aliphatic rings. The Kier molecular flexibility index (Phi) is 6.75. The molecule has 0 aliphatic heterocycles. The molecular weight excluding hydrogens is 302 g/mol. The van der Waals surface area contributed by atoms with E-state index in [9.17, 15) is 4.79 Å². The van der Waals surface area contributed by atoms with Crippen LogP contribution in [0.4, 0.5) is 5.82 Å². The standard InChI is InChI=1S/C19H25N3O2/c1-15(16-9-5-4-6-10-16)24-14-8-13-21-19(23)17-11-7-12-20-18(17)22(2)3/h4-7,9-12,15H,8,13-14H2,1-3H3,(H,21,23)/t15-/m1/s1. The second-order valence-corrected chi connectivity index (χ2v) is 5.80. The van der Waals surface area contributed by atoms with Gasteiger partial charge in [-0.05, 0) is 31.0 Å². The highest BCUT2D eigenvalue weighted by Crippen LogP contribution is 2.16. The molecule has 1 aromatic carbocycles. The molecule has 0 spiro atoms. The maximum Gasteiger partial charge on any atom is 0.255 e. The Morgan fingerprint density at radius 1 is 1.21 bits per heavy atom. The molecule has 0 bridgehead atoms. The zero-order valence-corrected chi connectivity index (χ0v) is 14.5. The fraction of sp³-hybridized carbons (Fsp3) is 0.368. The summed E-state index contributed by atoms with van der Waals surface area (Å²) in [7, 11) is 3.75. The second-order valence-electron chi connectivity index (χ2n) is 5.80. The van der Waals surface area contributed by atoms with Crippen molar-refractivity contribution in [1.29, 1.82) is 0 Å². The normalized spacial score (nSPS) is 11.8. The van der Waals surface area contributed by atoms with Crippen molar-refractivity contribution in [3.63, 3.8) is 0 Å². The van der Waals surface area contributed by atoms with Gasteiger partial charge in [-0.1, -0.05) is 30.3 Å². The van der Waals surface area contributed by atoms with Crippen LogP contribution in [0, 0.1) is 0 Å². The molecule has 1 heterocycles. The van der Waals surface area contributed by atoms with Crippen molar-refractivity contribution in [1.82, 2.24) is 10.3 Å². The lowest BCUT2D eigenvalue weighted by Gasteiger charge is -2.16. The highest BCUT2D eigenvalue weighted by atomic mass is 16.5. The maximum atomic E-state index is 12.3. The number of aromatic nitrogens is 1. The molecule has 128 valence electrons. The first-order chi connectivity index (χ1) is 11.6. The van der Waals surface area contributed by atoms with E-state index in [4.69, 9.17) is 4.74 Å². The molecule has 1 N–H and O–H groups in total. The van der Waals surface area contributed by atoms with Gasteiger partial charge in [0.1, 0.15) is 5.82 Å². The monoisotopic (exact) mass is 327 g/mol. The van der Waals surface area contributed by atoms with Crippen LogP contribution in [0.3, 0.4) is 0 Å². The SMILES string of the molecule is C[C@@H](OCCCNC(=O)c1cccnc1N(C)C)c1ccccc1. The largest absolute Gasteiger partial charge is 0.374 e. The number of nitrogens with one attached hydrogen (secondary N) is 1. The van der Waals surface area contributed by atoms with Gasteiger partial charge in [0.15, 0.2) is 0 Å². The molecule has 0 aliphatic carbocycles. The quantitative estimate of drug-likeness (QED) is 0.757. The Morgan fingerprint density at radius 2 is 1.96 bits per heavy atom. The molecule has 1 atom stereocenters. The molecule has 0 radical (unpaired) electrons. The lowest BCUT2D eigenvalue weighted by atomic mass is 10.1. The number of hydrogen-bond acceptors (Lipinski definition) is 4. The number of rotatable bonds is 8. The molecule has 5 nitrogen and oxygen atoms in total. The molecule has 5 heteroatoms. The Hall–Kier alpha value is -2.40. The van der Waals surface area contributed by atoms with Crippen LogP contribution >= 0.6 is 0 Å². The third-order valence-corrected chi connectivity index (χ3v) is 3.70. The van der Waals surface area contributed by atoms with Crippen molar-refractivity contribution >= 4 is 11.7 Å². The van der Waals surface area contributed by atoms with Crippen molar-refractivity contribution in [2.75, 3.05) is 32.1 Å². The van der Waals surface area contributed by atoms with Crippen LogP contribution < -0.4 is 10.2 Å². The number of benzene rings is 1. The van der Waals surface area contributed by atoms with E-state index >= 15 is 0 Å². The maximum absolute atomic E-state index is 12.3. The predicted octanol–water partition coefficient (Wildman–Crippen LogP) is 3.05. The molecule has 0 fully saturated rings. The van der Waals surface area contributed by atoms with Crippen LogP contribution in [-0.2, 0) is 4.74 Å². The average Bonchev–Trinajstić information content (AvgIpc) is 2.61. The number of hydrogen-bond donors (Lipinski definition) is 1. The van der Waals surface area contributed by atoms with Crippen LogP contribution in [0.25, 0.3) is 0 Å². The van der Waals surface area contributed by atoms with Crippen molar-refractivity contribution < 1.29 is 9.53 Å². The third kappa shape index (κ3) is 5.06. The van der Waals surface area contributed by atoms with Gasteiger partial charge in [0.05, 0.1) is 11.7 Å². The summed E-state index contributed by atoms with van der Waals surface area (Å²) >= 11 is 0. The van der Waals surface area contributed by atoms with Gasteiger partial charge in [-0.15, -0.1) is 0 Å². The van der Waals surface area contributed by atoms with E-state index in [0.717, 1.165) is 12.0 Å². The van der Waals surface area contributed by atoms with Crippen molar-refractivity contribution in [3.05, 3.63) is 59.8 Å². The smallest absolute Gasteiger partial charge is 0.255 e. The van der Waals surface area contributed by atoms with Crippen LogP contribution in [0.2, 0.25) is 0 Å². The Balaban J connectivity index is 1.74. The first kappa shape index (κ1) is 17.9. The first-order valence-electron chi connectivity index (χ1n) is 8.16. The molecule has 1 aromatic heterocycles.